The predicted octanol–water partition coefficient (Wildman–Crippen LogP) is 2.62. The third-order valence-electron chi connectivity index (χ3n) is 5.13. The summed E-state index contributed by atoms with van der Waals surface area (Å²) in [4.78, 5) is 14.5. The van der Waals surface area contributed by atoms with Crippen LogP contribution in [0.25, 0.3) is 0 Å². The van der Waals surface area contributed by atoms with E-state index in [2.05, 4.69) is 0 Å². The van der Waals surface area contributed by atoms with E-state index < -0.39 is 5.60 Å². The van der Waals surface area contributed by atoms with Crippen LogP contribution >= 0.6 is 0 Å². The second-order valence-electron chi connectivity index (χ2n) is 7.20. The molecule has 0 aromatic heterocycles. The van der Waals surface area contributed by atoms with E-state index in [-0.39, 0.29) is 11.5 Å². The van der Waals surface area contributed by atoms with Gasteiger partial charge in [0.2, 0.25) is 0 Å². The first-order valence-electron chi connectivity index (χ1n) is 8.82. The summed E-state index contributed by atoms with van der Waals surface area (Å²) >= 11 is 0. The van der Waals surface area contributed by atoms with Crippen LogP contribution in [-0.2, 0) is 4.74 Å². The number of piperidine rings is 1. The lowest BCUT2D eigenvalue weighted by atomic mass is 9.78. The Bertz CT molecular complexity index is 574. The lowest BCUT2D eigenvalue weighted by Crippen LogP contribution is -2.54. The number of hydrogen-bond acceptors (Lipinski definition) is 4. The molecule has 5 nitrogen and oxygen atoms in total. The number of likely N-dealkylation sites (tertiary alicyclic amines) is 1. The molecule has 3 rings (SSSR count). The molecule has 1 N–H and O–H groups in total. The second-order valence-corrected chi connectivity index (χ2v) is 7.20. The average molecular weight is 333 g/mol. The minimum absolute atomic E-state index is 0.0514. The minimum Gasteiger partial charge on any atom is -0.494 e. The van der Waals surface area contributed by atoms with Gasteiger partial charge < -0.3 is 19.5 Å². The fraction of sp³-hybridized carbons (Fsp3) is 0.632. The van der Waals surface area contributed by atoms with Crippen molar-refractivity contribution in [2.24, 2.45) is 0 Å². The normalized spacial score (nSPS) is 26.4. The highest BCUT2D eigenvalue weighted by atomic mass is 16.5. The zero-order chi connectivity index (χ0) is 17.2. The fourth-order valence-corrected chi connectivity index (χ4v) is 3.80. The lowest BCUT2D eigenvalue weighted by Gasteiger charge is -2.48. The standard InChI is InChI=1S/C19H27NO4/c1-3-23-16-6-4-15(5-7-16)17(21)20-11-8-19(9-12-20)14-18(2,22)10-13-24-19/h4-7,22H,3,8-14H2,1-2H3. The zero-order valence-corrected chi connectivity index (χ0v) is 14.6. The summed E-state index contributed by atoms with van der Waals surface area (Å²) in [5, 5.41) is 10.3. The van der Waals surface area contributed by atoms with Gasteiger partial charge in [0.05, 0.1) is 24.4 Å². The molecular formula is C19H27NO4. The summed E-state index contributed by atoms with van der Waals surface area (Å²) < 4.78 is 11.4. The van der Waals surface area contributed by atoms with Crippen LogP contribution in [-0.4, -0.2) is 53.4 Å². The monoisotopic (exact) mass is 333 g/mol. The summed E-state index contributed by atoms with van der Waals surface area (Å²) in [6.07, 6.45) is 2.91. The van der Waals surface area contributed by atoms with Gasteiger partial charge in [0, 0.05) is 25.1 Å². The van der Waals surface area contributed by atoms with Gasteiger partial charge in [-0.1, -0.05) is 0 Å². The number of carbonyl (C=O) groups excluding carboxylic acids is 1. The van der Waals surface area contributed by atoms with Gasteiger partial charge in [-0.15, -0.1) is 0 Å². The third-order valence-corrected chi connectivity index (χ3v) is 5.13. The van der Waals surface area contributed by atoms with Crippen molar-refractivity contribution in [2.75, 3.05) is 26.3 Å². The van der Waals surface area contributed by atoms with Gasteiger partial charge in [0.15, 0.2) is 0 Å². The number of nitrogens with zero attached hydrogens (tertiary/aromatic N) is 1. The van der Waals surface area contributed by atoms with Crippen LogP contribution in [0.3, 0.4) is 0 Å². The number of rotatable bonds is 3. The molecule has 1 atom stereocenters. The minimum atomic E-state index is -0.653. The van der Waals surface area contributed by atoms with Crippen LogP contribution < -0.4 is 4.74 Å². The van der Waals surface area contributed by atoms with Gasteiger partial charge in [-0.3, -0.25) is 4.79 Å². The maximum Gasteiger partial charge on any atom is 0.253 e. The largest absolute Gasteiger partial charge is 0.494 e. The highest BCUT2D eigenvalue weighted by molar-refractivity contribution is 5.94. The molecule has 2 aliphatic heterocycles. The first-order valence-corrected chi connectivity index (χ1v) is 8.82. The van der Waals surface area contributed by atoms with Crippen molar-refractivity contribution in [1.29, 1.82) is 0 Å². The highest BCUT2D eigenvalue weighted by Crippen LogP contribution is 2.39. The van der Waals surface area contributed by atoms with E-state index in [0.29, 0.717) is 44.7 Å². The Morgan fingerprint density at radius 3 is 2.50 bits per heavy atom. The number of amides is 1. The first-order chi connectivity index (χ1) is 11.4. The second kappa shape index (κ2) is 6.73. The Balaban J connectivity index is 1.60. The predicted molar refractivity (Wildman–Crippen MR) is 91.3 cm³/mol. The number of ether oxygens (including phenoxy) is 2. The molecule has 5 heteroatoms. The van der Waals surface area contributed by atoms with Crippen LogP contribution in [0.15, 0.2) is 24.3 Å². The molecule has 1 aromatic carbocycles. The zero-order valence-electron chi connectivity index (χ0n) is 14.6. The lowest BCUT2D eigenvalue weighted by molar-refractivity contribution is -0.170. The molecule has 1 amide bonds. The summed E-state index contributed by atoms with van der Waals surface area (Å²) in [6, 6.07) is 7.31. The quantitative estimate of drug-likeness (QED) is 0.924. The number of benzene rings is 1. The van der Waals surface area contributed by atoms with Crippen LogP contribution in [0.2, 0.25) is 0 Å². The van der Waals surface area contributed by atoms with Crippen molar-refractivity contribution in [3.05, 3.63) is 29.8 Å². The maximum atomic E-state index is 12.7. The van der Waals surface area contributed by atoms with E-state index in [1.165, 1.54) is 0 Å². The van der Waals surface area contributed by atoms with Crippen molar-refractivity contribution >= 4 is 5.91 Å². The molecular weight excluding hydrogens is 306 g/mol. The molecule has 24 heavy (non-hydrogen) atoms. The van der Waals surface area contributed by atoms with Gasteiger partial charge in [-0.2, -0.15) is 0 Å². The summed E-state index contributed by atoms with van der Waals surface area (Å²) in [5.41, 5.74) is -0.234. The summed E-state index contributed by atoms with van der Waals surface area (Å²) in [5.74, 6) is 0.833. The molecule has 0 bridgehead atoms. The van der Waals surface area contributed by atoms with Gasteiger partial charge in [0.25, 0.3) is 5.91 Å². The van der Waals surface area contributed by atoms with Crippen molar-refractivity contribution < 1.29 is 19.4 Å². The summed E-state index contributed by atoms with van der Waals surface area (Å²) in [6.45, 7) is 6.37. The molecule has 2 saturated heterocycles. The Hall–Kier alpha value is -1.59. The van der Waals surface area contributed by atoms with E-state index in [0.717, 1.165) is 18.6 Å². The molecule has 1 spiro atoms. The van der Waals surface area contributed by atoms with Crippen LogP contribution in [0, 0.1) is 0 Å². The van der Waals surface area contributed by atoms with Gasteiger partial charge in [-0.05, 0) is 57.4 Å². The van der Waals surface area contributed by atoms with Crippen LogP contribution in [0.5, 0.6) is 5.75 Å². The maximum absolute atomic E-state index is 12.7. The highest BCUT2D eigenvalue weighted by Gasteiger charge is 2.44. The SMILES string of the molecule is CCOc1ccc(C(=O)N2CCC3(CC2)CC(C)(O)CCO3)cc1. The van der Waals surface area contributed by atoms with E-state index in [1.54, 1.807) is 0 Å². The fourth-order valence-electron chi connectivity index (χ4n) is 3.80. The van der Waals surface area contributed by atoms with Gasteiger partial charge in [0.1, 0.15) is 5.75 Å². The average Bonchev–Trinajstić information content (AvgIpc) is 2.55. The Morgan fingerprint density at radius 1 is 1.25 bits per heavy atom. The van der Waals surface area contributed by atoms with Crippen LogP contribution in [0.1, 0.15) is 49.9 Å². The third kappa shape index (κ3) is 3.73. The Labute approximate surface area is 143 Å². The van der Waals surface area contributed by atoms with Crippen molar-refractivity contribution in [3.8, 4) is 5.75 Å². The van der Waals surface area contributed by atoms with Gasteiger partial charge >= 0.3 is 0 Å². The first kappa shape index (κ1) is 17.2. The Kier molecular flexibility index (Phi) is 4.83. The van der Waals surface area contributed by atoms with E-state index in [1.807, 2.05) is 43.0 Å². The topological polar surface area (TPSA) is 59.0 Å². The van der Waals surface area contributed by atoms with E-state index >= 15 is 0 Å². The molecule has 2 aliphatic rings. The van der Waals surface area contributed by atoms with Crippen molar-refractivity contribution in [3.63, 3.8) is 0 Å². The smallest absolute Gasteiger partial charge is 0.253 e. The Morgan fingerprint density at radius 2 is 1.92 bits per heavy atom. The van der Waals surface area contributed by atoms with Gasteiger partial charge in [-0.25, -0.2) is 0 Å². The molecule has 0 aliphatic carbocycles. The molecule has 132 valence electrons. The number of hydrogen-bond donors (Lipinski definition) is 1. The summed E-state index contributed by atoms with van der Waals surface area (Å²) in [7, 11) is 0. The number of carbonyl (C=O) groups is 1. The molecule has 1 aromatic rings. The molecule has 2 fully saturated rings. The van der Waals surface area contributed by atoms with Crippen LogP contribution in [0.4, 0.5) is 0 Å². The molecule has 1 unspecified atom stereocenters. The molecule has 0 saturated carbocycles. The number of aliphatic hydroxyl groups is 1. The van der Waals surface area contributed by atoms with Crippen molar-refractivity contribution in [1.82, 2.24) is 4.90 Å². The van der Waals surface area contributed by atoms with Crippen molar-refractivity contribution in [2.45, 2.75) is 50.7 Å². The van der Waals surface area contributed by atoms with E-state index in [9.17, 15) is 9.90 Å². The molecule has 2 heterocycles. The van der Waals surface area contributed by atoms with E-state index in [4.69, 9.17) is 9.47 Å². The molecule has 0 radical (unpaired) electrons.